The van der Waals surface area contributed by atoms with Crippen molar-refractivity contribution in [2.45, 2.75) is 25.4 Å². The second-order valence-electron chi connectivity index (χ2n) is 9.47. The molecule has 3 amide bonds. The number of nitrogens with two attached hydrogens (primary N) is 2. The topological polar surface area (TPSA) is 279 Å². The number of hydrogen-bond acceptors (Lipinski definition) is 13. The molecule has 0 aliphatic heterocycles. The number of aromatic amines is 1. The molecule has 0 bridgehead atoms. The molecule has 0 radical (unpaired) electrons. The lowest BCUT2D eigenvalue weighted by atomic mass is 10.1. The number of benzene rings is 1. The maximum Gasteiger partial charge on any atom is 0.326 e. The zero-order valence-electron chi connectivity index (χ0n) is 24.3. The first-order valence-electron chi connectivity index (χ1n) is 13.9. The number of ether oxygens (including phenoxy) is 2. The molecule has 0 spiro atoms. The summed E-state index contributed by atoms with van der Waals surface area (Å²) in [6.07, 6.45) is 1.20. The van der Waals surface area contributed by atoms with Gasteiger partial charge in [-0.05, 0) is 30.7 Å². The van der Waals surface area contributed by atoms with E-state index in [0.29, 0.717) is 24.5 Å². The number of nitrogens with one attached hydrogen (secondary N) is 5. The van der Waals surface area contributed by atoms with Crippen molar-refractivity contribution in [3.8, 4) is 0 Å². The van der Waals surface area contributed by atoms with Crippen molar-refractivity contribution in [3.63, 3.8) is 0 Å². The Labute approximate surface area is 256 Å². The number of rotatable bonds is 19. The molecular formula is C27H36N10O8. The molecule has 18 nitrogen and oxygen atoms in total. The molecular weight excluding hydrogens is 592 g/mol. The Morgan fingerprint density at radius 2 is 1.71 bits per heavy atom. The van der Waals surface area contributed by atoms with Crippen LogP contribution in [0.1, 0.15) is 28.9 Å². The van der Waals surface area contributed by atoms with Crippen molar-refractivity contribution in [1.29, 1.82) is 0 Å². The maximum atomic E-state index is 12.7. The van der Waals surface area contributed by atoms with Crippen molar-refractivity contribution >= 4 is 46.5 Å². The molecule has 2 aromatic heterocycles. The molecule has 0 saturated carbocycles. The van der Waals surface area contributed by atoms with Gasteiger partial charge in [0, 0.05) is 37.3 Å². The number of carbonyl (C=O) groups is 4. The first kappa shape index (κ1) is 34.3. The zero-order valence-corrected chi connectivity index (χ0v) is 24.3. The van der Waals surface area contributed by atoms with Crippen LogP contribution >= 0.6 is 0 Å². The standard InChI is InChI=1S/C27H36N10O8/c28-7-8-30-21(39)15-45-12-11-44-10-9-31-20(38)6-5-19(26(42)43)35-24(40)16-1-3-17(4-2-16)32-13-18-14-33-23-22(34-18)25(41)37-27(29)36-23/h1-4,14,19,32H,5-13,15,28H2,(H,30,39)(H,31,38)(H,35,40)(H,42,43)(H3,29,33,36,37,41). The maximum absolute atomic E-state index is 12.7. The van der Waals surface area contributed by atoms with E-state index in [0.717, 1.165) is 0 Å². The third kappa shape index (κ3) is 11.8. The van der Waals surface area contributed by atoms with Crippen molar-refractivity contribution in [2.75, 3.05) is 57.1 Å². The van der Waals surface area contributed by atoms with Crippen LogP contribution in [0.2, 0.25) is 0 Å². The van der Waals surface area contributed by atoms with Crippen LogP contribution in [0.25, 0.3) is 11.2 Å². The highest BCUT2D eigenvalue weighted by molar-refractivity contribution is 5.97. The molecule has 242 valence electrons. The Morgan fingerprint density at radius 1 is 0.978 bits per heavy atom. The highest BCUT2D eigenvalue weighted by Crippen LogP contribution is 2.12. The Morgan fingerprint density at radius 3 is 2.44 bits per heavy atom. The van der Waals surface area contributed by atoms with Crippen molar-refractivity contribution < 1.29 is 33.8 Å². The van der Waals surface area contributed by atoms with E-state index in [1.54, 1.807) is 12.1 Å². The SMILES string of the molecule is NCCNC(=O)COCCOCCNC(=O)CCC(NC(=O)c1ccc(NCc2cnc3nc(N)[nH]c(=O)c3n2)cc1)C(=O)O. The third-order valence-corrected chi connectivity index (χ3v) is 6.01. The van der Waals surface area contributed by atoms with Crippen molar-refractivity contribution in [2.24, 2.45) is 5.73 Å². The van der Waals surface area contributed by atoms with Gasteiger partial charge >= 0.3 is 5.97 Å². The summed E-state index contributed by atoms with van der Waals surface area (Å²) in [5, 5.41) is 20.2. The summed E-state index contributed by atoms with van der Waals surface area (Å²) in [6, 6.07) is 4.98. The fourth-order valence-corrected chi connectivity index (χ4v) is 3.76. The van der Waals surface area contributed by atoms with Gasteiger partial charge in [-0.25, -0.2) is 14.8 Å². The van der Waals surface area contributed by atoms with Gasteiger partial charge in [0.25, 0.3) is 11.5 Å². The fourth-order valence-electron chi connectivity index (χ4n) is 3.76. The predicted octanol–water partition coefficient (Wildman–Crippen LogP) is -1.91. The van der Waals surface area contributed by atoms with E-state index >= 15 is 0 Å². The van der Waals surface area contributed by atoms with Crippen molar-refractivity contribution in [1.82, 2.24) is 35.9 Å². The minimum atomic E-state index is -1.28. The molecule has 3 aromatic rings. The van der Waals surface area contributed by atoms with Gasteiger partial charge in [-0.15, -0.1) is 0 Å². The predicted molar refractivity (Wildman–Crippen MR) is 161 cm³/mol. The van der Waals surface area contributed by atoms with Crippen LogP contribution in [0.4, 0.5) is 11.6 Å². The molecule has 3 rings (SSSR count). The first-order valence-corrected chi connectivity index (χ1v) is 13.9. The van der Waals surface area contributed by atoms with E-state index in [1.165, 1.54) is 18.3 Å². The zero-order chi connectivity index (χ0) is 32.6. The molecule has 10 N–H and O–H groups in total. The summed E-state index contributed by atoms with van der Waals surface area (Å²) in [6.45, 7) is 1.64. The highest BCUT2D eigenvalue weighted by atomic mass is 16.5. The van der Waals surface area contributed by atoms with Gasteiger partial charge in [-0.3, -0.25) is 24.2 Å². The smallest absolute Gasteiger partial charge is 0.326 e. The van der Waals surface area contributed by atoms with Crippen LogP contribution in [-0.4, -0.2) is 101 Å². The van der Waals surface area contributed by atoms with Gasteiger partial charge in [0.1, 0.15) is 12.6 Å². The molecule has 1 atom stereocenters. The number of nitrogen functional groups attached to an aromatic ring is 1. The molecule has 18 heteroatoms. The lowest BCUT2D eigenvalue weighted by Crippen LogP contribution is -2.41. The molecule has 0 aliphatic rings. The van der Waals surface area contributed by atoms with Crippen LogP contribution in [0.3, 0.4) is 0 Å². The highest BCUT2D eigenvalue weighted by Gasteiger charge is 2.21. The number of aromatic nitrogens is 4. The Bertz CT molecular complexity index is 1520. The number of anilines is 2. The van der Waals surface area contributed by atoms with Gasteiger partial charge in [-0.1, -0.05) is 0 Å². The average molecular weight is 629 g/mol. The Hall–Kier alpha value is -5.20. The monoisotopic (exact) mass is 628 g/mol. The van der Waals surface area contributed by atoms with Crippen molar-refractivity contribution in [3.05, 3.63) is 52.1 Å². The number of nitrogens with zero attached hydrogens (tertiary/aromatic N) is 3. The van der Waals surface area contributed by atoms with Gasteiger partial charge in [-0.2, -0.15) is 4.98 Å². The lowest BCUT2D eigenvalue weighted by molar-refractivity contribution is -0.139. The molecule has 1 aromatic carbocycles. The second-order valence-corrected chi connectivity index (χ2v) is 9.47. The number of fused-ring (bicyclic) bond motifs is 1. The van der Waals surface area contributed by atoms with Gasteiger partial charge in [0.15, 0.2) is 11.2 Å². The number of carbonyl (C=O) groups excluding carboxylic acids is 3. The van der Waals surface area contributed by atoms with E-state index in [1.807, 2.05) is 0 Å². The molecule has 1 unspecified atom stereocenters. The van der Waals surface area contributed by atoms with E-state index in [2.05, 4.69) is 41.2 Å². The van der Waals surface area contributed by atoms with Gasteiger partial charge < -0.3 is 47.3 Å². The van der Waals surface area contributed by atoms with Crippen LogP contribution in [0.15, 0.2) is 35.3 Å². The van der Waals surface area contributed by atoms with Crippen LogP contribution in [0, 0.1) is 0 Å². The summed E-state index contributed by atoms with van der Waals surface area (Å²) in [5.74, 6) is -2.62. The average Bonchev–Trinajstić information content (AvgIpc) is 3.02. The minimum absolute atomic E-state index is 0.0515. The number of carboxylic acid groups (broad SMARTS) is 1. The summed E-state index contributed by atoms with van der Waals surface area (Å²) in [5.41, 5.74) is 11.8. The van der Waals surface area contributed by atoms with E-state index in [4.69, 9.17) is 20.9 Å². The van der Waals surface area contributed by atoms with Crippen LogP contribution in [0.5, 0.6) is 0 Å². The van der Waals surface area contributed by atoms with Crippen LogP contribution in [-0.2, 0) is 30.4 Å². The summed E-state index contributed by atoms with van der Waals surface area (Å²) in [7, 11) is 0. The summed E-state index contributed by atoms with van der Waals surface area (Å²) >= 11 is 0. The van der Waals surface area contributed by atoms with E-state index in [9.17, 15) is 29.1 Å². The quantitative estimate of drug-likeness (QED) is 0.0673. The molecule has 0 fully saturated rings. The Kier molecular flexibility index (Phi) is 13.6. The number of aliphatic carboxylic acids is 1. The molecule has 0 aliphatic carbocycles. The minimum Gasteiger partial charge on any atom is -0.480 e. The summed E-state index contributed by atoms with van der Waals surface area (Å²) < 4.78 is 10.5. The number of H-pyrrole nitrogens is 1. The Balaban J connectivity index is 1.35. The van der Waals surface area contributed by atoms with Crippen LogP contribution < -0.4 is 38.3 Å². The fraction of sp³-hybridized carbons (Fsp3) is 0.407. The molecule has 45 heavy (non-hydrogen) atoms. The normalized spacial score (nSPS) is 11.5. The molecule has 2 heterocycles. The number of amides is 3. The first-order chi connectivity index (χ1) is 21.7. The third-order valence-electron chi connectivity index (χ3n) is 6.01. The largest absolute Gasteiger partial charge is 0.480 e. The lowest BCUT2D eigenvalue weighted by Gasteiger charge is -2.15. The second kappa shape index (κ2) is 17.8. The summed E-state index contributed by atoms with van der Waals surface area (Å²) in [4.78, 5) is 74.5. The molecule has 0 saturated heterocycles. The van der Waals surface area contributed by atoms with E-state index in [-0.39, 0.29) is 80.9 Å². The van der Waals surface area contributed by atoms with E-state index < -0.39 is 29.4 Å². The number of carboxylic acids is 1. The van der Waals surface area contributed by atoms with Gasteiger partial charge in [0.05, 0.1) is 38.3 Å². The van der Waals surface area contributed by atoms with Gasteiger partial charge in [0.2, 0.25) is 17.8 Å². The number of hydrogen-bond donors (Lipinski definition) is 8.